The molecule has 1 saturated carbocycles. The third kappa shape index (κ3) is 1.47. The Balaban J connectivity index is 1.92. The summed E-state index contributed by atoms with van der Waals surface area (Å²) in [6.45, 7) is 0.312. The number of rotatable bonds is 1. The molecule has 0 aromatic heterocycles. The summed E-state index contributed by atoms with van der Waals surface area (Å²) in [4.78, 5) is 0. The van der Waals surface area contributed by atoms with Crippen LogP contribution in [0.25, 0.3) is 0 Å². The van der Waals surface area contributed by atoms with Gasteiger partial charge in [0.05, 0.1) is 6.10 Å². The molecule has 2 aliphatic rings. The summed E-state index contributed by atoms with van der Waals surface area (Å²) in [5.41, 5.74) is 1.17. The molecule has 3 rings (SSSR count). The maximum absolute atomic E-state index is 9.82. The molecule has 1 heterocycles. The molecule has 0 spiro atoms. The summed E-state index contributed by atoms with van der Waals surface area (Å²) < 4.78 is 10.6. The number of benzene rings is 1. The fourth-order valence-corrected chi connectivity index (χ4v) is 2.47. The zero-order valence-electron chi connectivity index (χ0n) is 8.48. The lowest BCUT2D eigenvalue weighted by Gasteiger charge is -2.14. The van der Waals surface area contributed by atoms with Crippen LogP contribution in [-0.2, 0) is 0 Å². The Morgan fingerprint density at radius 2 is 2.00 bits per heavy atom. The lowest BCUT2D eigenvalue weighted by atomic mass is 9.95. The summed E-state index contributed by atoms with van der Waals surface area (Å²) >= 11 is 0. The van der Waals surface area contributed by atoms with Crippen molar-refractivity contribution < 1.29 is 14.6 Å². The summed E-state index contributed by atoms with van der Waals surface area (Å²) in [6, 6.07) is 5.97. The fourth-order valence-electron chi connectivity index (χ4n) is 2.47. The number of aliphatic hydroxyl groups excluding tert-OH is 1. The van der Waals surface area contributed by atoms with E-state index in [0.717, 1.165) is 30.8 Å². The lowest BCUT2D eigenvalue weighted by Crippen LogP contribution is -2.10. The van der Waals surface area contributed by atoms with E-state index in [4.69, 9.17) is 9.47 Å². The lowest BCUT2D eigenvalue weighted by molar-refractivity contribution is 0.163. The average Bonchev–Trinajstić information content (AvgIpc) is 2.84. The fraction of sp³-hybridized carbons (Fsp3) is 0.500. The van der Waals surface area contributed by atoms with Gasteiger partial charge in [-0.05, 0) is 30.5 Å². The van der Waals surface area contributed by atoms with Gasteiger partial charge in [-0.1, -0.05) is 12.5 Å². The Morgan fingerprint density at radius 1 is 1.13 bits per heavy atom. The average molecular weight is 206 g/mol. The second-order valence-electron chi connectivity index (χ2n) is 4.22. The van der Waals surface area contributed by atoms with Crippen LogP contribution in [0.2, 0.25) is 0 Å². The molecule has 1 aromatic carbocycles. The molecule has 3 heteroatoms. The van der Waals surface area contributed by atoms with Crippen LogP contribution in [0.4, 0.5) is 0 Å². The van der Waals surface area contributed by atoms with Gasteiger partial charge in [0.25, 0.3) is 0 Å². The highest BCUT2D eigenvalue weighted by atomic mass is 16.7. The van der Waals surface area contributed by atoms with Gasteiger partial charge in [0, 0.05) is 5.92 Å². The monoisotopic (exact) mass is 206 g/mol. The van der Waals surface area contributed by atoms with E-state index in [1.165, 1.54) is 5.56 Å². The highest BCUT2D eigenvalue weighted by molar-refractivity contribution is 5.45. The Hall–Kier alpha value is -1.22. The minimum atomic E-state index is -0.189. The first-order chi connectivity index (χ1) is 7.34. The number of hydrogen-bond acceptors (Lipinski definition) is 3. The van der Waals surface area contributed by atoms with Crippen molar-refractivity contribution in [3.63, 3.8) is 0 Å². The molecule has 0 amide bonds. The Morgan fingerprint density at radius 3 is 2.80 bits per heavy atom. The molecule has 1 aromatic rings. The first kappa shape index (κ1) is 9.04. The van der Waals surface area contributed by atoms with Crippen molar-refractivity contribution in [3.8, 4) is 11.5 Å². The molecular formula is C12H14O3. The van der Waals surface area contributed by atoms with E-state index in [2.05, 4.69) is 0 Å². The summed E-state index contributed by atoms with van der Waals surface area (Å²) in [7, 11) is 0. The van der Waals surface area contributed by atoms with Gasteiger partial charge in [-0.2, -0.15) is 0 Å². The third-order valence-corrected chi connectivity index (χ3v) is 3.30. The van der Waals surface area contributed by atoms with Crippen molar-refractivity contribution in [3.05, 3.63) is 23.8 Å². The smallest absolute Gasteiger partial charge is 0.231 e. The number of ether oxygens (including phenoxy) is 2. The summed E-state index contributed by atoms with van der Waals surface area (Å²) in [5, 5.41) is 9.82. The first-order valence-corrected chi connectivity index (χ1v) is 5.42. The molecule has 1 aliphatic heterocycles. The first-order valence-electron chi connectivity index (χ1n) is 5.42. The van der Waals surface area contributed by atoms with Crippen molar-refractivity contribution in [1.82, 2.24) is 0 Å². The van der Waals surface area contributed by atoms with Crippen LogP contribution in [0.15, 0.2) is 18.2 Å². The van der Waals surface area contributed by atoms with Gasteiger partial charge in [0.15, 0.2) is 11.5 Å². The van der Waals surface area contributed by atoms with E-state index in [9.17, 15) is 5.11 Å². The van der Waals surface area contributed by atoms with Crippen LogP contribution in [0, 0.1) is 0 Å². The van der Waals surface area contributed by atoms with E-state index in [1.54, 1.807) is 0 Å². The van der Waals surface area contributed by atoms with Crippen LogP contribution in [-0.4, -0.2) is 18.0 Å². The van der Waals surface area contributed by atoms with Crippen molar-refractivity contribution in [2.45, 2.75) is 31.3 Å². The summed E-state index contributed by atoms with van der Waals surface area (Å²) in [5.74, 6) is 1.90. The molecule has 1 N–H and O–H groups in total. The van der Waals surface area contributed by atoms with Gasteiger partial charge < -0.3 is 14.6 Å². The second-order valence-corrected chi connectivity index (χ2v) is 4.22. The molecule has 80 valence electrons. The topological polar surface area (TPSA) is 38.7 Å². The molecule has 0 saturated heterocycles. The van der Waals surface area contributed by atoms with Gasteiger partial charge in [-0.3, -0.25) is 0 Å². The highest BCUT2D eigenvalue weighted by Gasteiger charge is 2.28. The van der Waals surface area contributed by atoms with Crippen molar-refractivity contribution in [1.29, 1.82) is 0 Å². The Bertz CT molecular complexity index is 375. The Kier molecular flexibility index (Phi) is 2.06. The van der Waals surface area contributed by atoms with Gasteiger partial charge in [-0.15, -0.1) is 0 Å². The van der Waals surface area contributed by atoms with Gasteiger partial charge in [0.2, 0.25) is 6.79 Å². The summed E-state index contributed by atoms with van der Waals surface area (Å²) in [6.07, 6.45) is 2.91. The highest BCUT2D eigenvalue weighted by Crippen LogP contribution is 2.39. The maximum Gasteiger partial charge on any atom is 0.231 e. The van der Waals surface area contributed by atoms with E-state index in [1.807, 2.05) is 18.2 Å². The third-order valence-electron chi connectivity index (χ3n) is 3.30. The van der Waals surface area contributed by atoms with Crippen LogP contribution >= 0.6 is 0 Å². The van der Waals surface area contributed by atoms with Crippen molar-refractivity contribution in [2.24, 2.45) is 0 Å². The van der Waals surface area contributed by atoms with E-state index < -0.39 is 0 Å². The standard InChI is InChI=1S/C12H14O3/c13-10-3-1-2-9(10)8-4-5-11-12(6-8)15-7-14-11/h4-6,9-10,13H,1-3,7H2/t9-,10-/m1/s1. The molecular weight excluding hydrogens is 192 g/mol. The predicted octanol–water partition coefficient (Wildman–Crippen LogP) is 2.04. The molecule has 15 heavy (non-hydrogen) atoms. The molecule has 1 aliphatic carbocycles. The molecule has 3 nitrogen and oxygen atoms in total. The van der Waals surface area contributed by atoms with Gasteiger partial charge in [-0.25, -0.2) is 0 Å². The van der Waals surface area contributed by atoms with Gasteiger partial charge >= 0.3 is 0 Å². The minimum absolute atomic E-state index is 0.189. The van der Waals surface area contributed by atoms with Gasteiger partial charge in [0.1, 0.15) is 0 Å². The number of fused-ring (bicyclic) bond motifs is 1. The van der Waals surface area contributed by atoms with Crippen LogP contribution < -0.4 is 9.47 Å². The van der Waals surface area contributed by atoms with E-state index >= 15 is 0 Å². The number of aliphatic hydroxyl groups is 1. The molecule has 0 unspecified atom stereocenters. The van der Waals surface area contributed by atoms with E-state index in [0.29, 0.717) is 6.79 Å². The Labute approximate surface area is 88.6 Å². The maximum atomic E-state index is 9.82. The van der Waals surface area contributed by atoms with Crippen LogP contribution in [0.3, 0.4) is 0 Å². The molecule has 0 bridgehead atoms. The van der Waals surface area contributed by atoms with Crippen LogP contribution in [0.1, 0.15) is 30.7 Å². The van der Waals surface area contributed by atoms with Crippen molar-refractivity contribution >= 4 is 0 Å². The van der Waals surface area contributed by atoms with Crippen molar-refractivity contribution in [2.75, 3.05) is 6.79 Å². The van der Waals surface area contributed by atoms with E-state index in [-0.39, 0.29) is 12.0 Å². The SMILES string of the molecule is O[C@@H]1CCC[C@@H]1c1ccc2c(c1)OCO2. The molecule has 1 fully saturated rings. The minimum Gasteiger partial charge on any atom is -0.454 e. The molecule has 2 atom stereocenters. The predicted molar refractivity (Wildman–Crippen MR) is 55.2 cm³/mol. The normalized spacial score (nSPS) is 28.3. The largest absolute Gasteiger partial charge is 0.454 e. The molecule has 0 radical (unpaired) electrons. The zero-order chi connectivity index (χ0) is 10.3. The number of hydrogen-bond donors (Lipinski definition) is 1. The van der Waals surface area contributed by atoms with Crippen LogP contribution in [0.5, 0.6) is 11.5 Å². The second kappa shape index (κ2) is 3.42. The zero-order valence-corrected chi connectivity index (χ0v) is 8.48. The quantitative estimate of drug-likeness (QED) is 0.764.